The third-order valence-corrected chi connectivity index (χ3v) is 9.66. The number of rotatable bonds is 6. The van der Waals surface area contributed by atoms with Crippen LogP contribution in [0.1, 0.15) is 47.2 Å². The van der Waals surface area contributed by atoms with Crippen LogP contribution in [0.3, 0.4) is 0 Å². The van der Waals surface area contributed by atoms with Gasteiger partial charge in [-0.1, -0.05) is 111 Å². The van der Waals surface area contributed by atoms with E-state index >= 15 is 0 Å². The van der Waals surface area contributed by atoms with Crippen molar-refractivity contribution in [2.45, 2.75) is 25.8 Å². The second-order valence-electron chi connectivity index (χ2n) is 13.0. The van der Waals surface area contributed by atoms with Crippen LogP contribution in [0.2, 0.25) is 0 Å². The molecular formula is C44H34N4. The Kier molecular flexibility index (Phi) is 7.04. The molecule has 7 aromatic rings. The Bertz CT molecular complexity index is 2470. The monoisotopic (exact) mass is 618 g/mol. The van der Waals surface area contributed by atoms with Gasteiger partial charge in [-0.25, -0.2) is 0 Å². The zero-order valence-electron chi connectivity index (χ0n) is 27.0. The van der Waals surface area contributed by atoms with Crippen LogP contribution in [0.25, 0.3) is 44.3 Å². The lowest BCUT2D eigenvalue weighted by Gasteiger charge is -2.21. The van der Waals surface area contributed by atoms with Gasteiger partial charge in [0.1, 0.15) is 0 Å². The quantitative estimate of drug-likeness (QED) is 0.189. The van der Waals surface area contributed by atoms with Gasteiger partial charge >= 0.3 is 0 Å². The minimum Gasteiger partial charge on any atom is -0.398 e. The van der Waals surface area contributed by atoms with Crippen molar-refractivity contribution in [3.05, 3.63) is 179 Å². The number of benzene rings is 6. The maximum Gasteiger partial charge on any atom is 0.0991 e. The summed E-state index contributed by atoms with van der Waals surface area (Å²) in [6.45, 7) is 5.15. The summed E-state index contributed by atoms with van der Waals surface area (Å²) in [5.41, 5.74) is 20.2. The number of para-hydroxylation sites is 1. The second kappa shape index (κ2) is 11.6. The van der Waals surface area contributed by atoms with E-state index in [4.69, 9.17) is 10.7 Å². The lowest BCUT2D eigenvalue weighted by molar-refractivity contribution is 0.661. The van der Waals surface area contributed by atoms with Gasteiger partial charge in [-0.15, -0.1) is 0 Å². The van der Waals surface area contributed by atoms with Crippen molar-refractivity contribution in [1.82, 2.24) is 4.57 Å². The highest BCUT2D eigenvalue weighted by Gasteiger charge is 2.36. The van der Waals surface area contributed by atoms with Gasteiger partial charge in [0.15, 0.2) is 0 Å². The topological polar surface area (TPSA) is 67.1 Å². The summed E-state index contributed by atoms with van der Waals surface area (Å²) in [6, 6.07) is 50.6. The van der Waals surface area contributed by atoms with Gasteiger partial charge in [-0.3, -0.25) is 4.99 Å². The molecule has 0 amide bonds. The van der Waals surface area contributed by atoms with E-state index in [1.807, 2.05) is 48.5 Å². The number of nitriles is 1. The lowest BCUT2D eigenvalue weighted by Crippen LogP contribution is -2.14. The van der Waals surface area contributed by atoms with Gasteiger partial charge in [0.05, 0.1) is 34.9 Å². The van der Waals surface area contributed by atoms with E-state index in [1.165, 1.54) is 44.1 Å². The molecule has 0 radical (unpaired) electrons. The predicted molar refractivity (Wildman–Crippen MR) is 198 cm³/mol. The van der Waals surface area contributed by atoms with Crippen LogP contribution in [-0.4, -0.2) is 10.3 Å². The molecule has 0 saturated heterocycles. The van der Waals surface area contributed by atoms with E-state index in [9.17, 15) is 5.26 Å². The first-order valence-electron chi connectivity index (χ1n) is 16.3. The molecule has 8 rings (SSSR count). The SMILES string of the molecule is CC1(C)c2ccccc2-c2cc3c4ccccc4n(-c4cccc(CN=C(C=C(N)c5cccc(C#N)c5)c5ccccc5)c4)c3cc21. The number of nitrogens with zero attached hydrogens (tertiary/aromatic N) is 3. The molecule has 0 bridgehead atoms. The maximum absolute atomic E-state index is 9.39. The summed E-state index contributed by atoms with van der Waals surface area (Å²) in [7, 11) is 0. The lowest BCUT2D eigenvalue weighted by atomic mass is 9.82. The number of hydrogen-bond donors (Lipinski definition) is 1. The molecule has 1 aliphatic rings. The molecule has 0 spiro atoms. The molecule has 1 aliphatic carbocycles. The number of fused-ring (bicyclic) bond motifs is 6. The Labute approximate surface area is 280 Å². The van der Waals surface area contributed by atoms with Crippen molar-refractivity contribution in [3.8, 4) is 22.9 Å². The molecule has 0 fully saturated rings. The first-order valence-corrected chi connectivity index (χ1v) is 16.3. The zero-order chi connectivity index (χ0) is 32.8. The fourth-order valence-electron chi connectivity index (χ4n) is 7.24. The average molecular weight is 619 g/mol. The zero-order valence-corrected chi connectivity index (χ0v) is 27.0. The van der Waals surface area contributed by atoms with Crippen molar-refractivity contribution in [2.24, 2.45) is 10.7 Å². The van der Waals surface area contributed by atoms with Crippen LogP contribution in [0.4, 0.5) is 0 Å². The fraction of sp³-hybridized carbons (Fsp3) is 0.0909. The van der Waals surface area contributed by atoms with Crippen molar-refractivity contribution >= 4 is 33.2 Å². The van der Waals surface area contributed by atoms with Crippen LogP contribution in [-0.2, 0) is 12.0 Å². The van der Waals surface area contributed by atoms with Gasteiger partial charge in [-0.2, -0.15) is 5.26 Å². The molecule has 230 valence electrons. The van der Waals surface area contributed by atoms with Crippen molar-refractivity contribution in [2.75, 3.05) is 0 Å². The van der Waals surface area contributed by atoms with Crippen LogP contribution < -0.4 is 5.73 Å². The highest BCUT2D eigenvalue weighted by molar-refractivity contribution is 6.12. The third kappa shape index (κ3) is 4.89. The number of aliphatic imine (C=N–C) groups is 1. The summed E-state index contributed by atoms with van der Waals surface area (Å²) in [4.78, 5) is 5.09. The second-order valence-corrected chi connectivity index (χ2v) is 13.0. The molecule has 0 aliphatic heterocycles. The Morgan fingerprint density at radius 3 is 2.31 bits per heavy atom. The van der Waals surface area contributed by atoms with Gasteiger partial charge in [-0.05, 0) is 87.5 Å². The highest BCUT2D eigenvalue weighted by Crippen LogP contribution is 2.50. The van der Waals surface area contributed by atoms with Crippen molar-refractivity contribution < 1.29 is 0 Å². The van der Waals surface area contributed by atoms with Crippen LogP contribution >= 0.6 is 0 Å². The predicted octanol–water partition coefficient (Wildman–Crippen LogP) is 9.95. The Morgan fingerprint density at radius 2 is 1.46 bits per heavy atom. The van der Waals surface area contributed by atoms with Gasteiger partial charge < -0.3 is 10.3 Å². The van der Waals surface area contributed by atoms with Crippen molar-refractivity contribution in [3.63, 3.8) is 0 Å². The molecule has 2 N–H and O–H groups in total. The van der Waals surface area contributed by atoms with Crippen molar-refractivity contribution in [1.29, 1.82) is 5.26 Å². The molecule has 0 unspecified atom stereocenters. The fourth-order valence-corrected chi connectivity index (χ4v) is 7.24. The summed E-state index contributed by atoms with van der Waals surface area (Å²) >= 11 is 0. The number of aromatic nitrogens is 1. The largest absolute Gasteiger partial charge is 0.398 e. The molecule has 0 saturated carbocycles. The Balaban J connectivity index is 1.23. The van der Waals surface area contributed by atoms with Gasteiger partial charge in [0, 0.05) is 27.6 Å². The molecule has 4 nitrogen and oxygen atoms in total. The van der Waals surface area contributed by atoms with Crippen LogP contribution in [0, 0.1) is 11.3 Å². The number of allylic oxidation sites excluding steroid dienone is 1. The van der Waals surface area contributed by atoms with Crippen LogP contribution in [0.15, 0.2) is 151 Å². The third-order valence-electron chi connectivity index (χ3n) is 9.66. The molecule has 48 heavy (non-hydrogen) atoms. The van der Waals surface area contributed by atoms with E-state index in [0.717, 1.165) is 28.1 Å². The number of nitrogens with two attached hydrogens (primary N) is 1. The molecule has 6 aromatic carbocycles. The smallest absolute Gasteiger partial charge is 0.0991 e. The van der Waals surface area contributed by atoms with E-state index in [0.29, 0.717) is 17.8 Å². The Hall–Kier alpha value is -6.18. The number of hydrogen-bond acceptors (Lipinski definition) is 3. The summed E-state index contributed by atoms with van der Waals surface area (Å²) in [6.07, 6.45) is 1.91. The molecule has 1 aromatic heterocycles. The molecule has 0 atom stereocenters. The Morgan fingerprint density at radius 1 is 0.708 bits per heavy atom. The minimum absolute atomic E-state index is 0.0862. The van der Waals surface area contributed by atoms with Crippen LogP contribution in [0.5, 0.6) is 0 Å². The summed E-state index contributed by atoms with van der Waals surface area (Å²) in [5.74, 6) is 0. The molecule has 1 heterocycles. The summed E-state index contributed by atoms with van der Waals surface area (Å²) in [5, 5.41) is 11.9. The average Bonchev–Trinajstić information content (AvgIpc) is 3.57. The highest BCUT2D eigenvalue weighted by atomic mass is 15.0. The van der Waals surface area contributed by atoms with Gasteiger partial charge in [0.25, 0.3) is 0 Å². The van der Waals surface area contributed by atoms with Gasteiger partial charge in [0.2, 0.25) is 0 Å². The first-order chi connectivity index (χ1) is 23.4. The summed E-state index contributed by atoms with van der Waals surface area (Å²) < 4.78 is 2.40. The van der Waals surface area contributed by atoms with E-state index in [2.05, 4.69) is 109 Å². The molecular weight excluding hydrogens is 585 g/mol. The minimum atomic E-state index is -0.0862. The van der Waals surface area contributed by atoms with E-state index in [-0.39, 0.29) is 5.41 Å². The standard InChI is InChI=1S/C44H34N4/c1-44(2)38-20-8-6-18-34(38)36-24-37-35-19-7-9-21-42(35)48(43(37)25-39(36)44)33-17-11-13-30(23-33)28-47-41(31-14-4-3-5-15-31)26-40(46)32-16-10-12-29(22-32)27-45/h3-26H,28,46H2,1-2H3. The maximum atomic E-state index is 9.39. The first kappa shape index (κ1) is 29.2. The molecule has 4 heteroatoms. The van der Waals surface area contributed by atoms with E-state index < -0.39 is 0 Å². The normalized spacial score (nSPS) is 13.8. The van der Waals surface area contributed by atoms with E-state index in [1.54, 1.807) is 12.1 Å².